The lowest BCUT2D eigenvalue weighted by atomic mass is 9.86. The predicted octanol–water partition coefficient (Wildman–Crippen LogP) is 3.33. The lowest BCUT2D eigenvalue weighted by Gasteiger charge is -2.19. The standard InChI is InChI=1S/C20H24FN2O5S/c1-20(2,3)15-7-6-14(10-18(15)24)28-12-19(25)22-11-13-5-8-17(16(21)9-13)23-29(4,26)27/h5-10,23H,11-12H2,1-4H3,(H,22,25). The highest BCUT2D eigenvalue weighted by Gasteiger charge is 2.19. The van der Waals surface area contributed by atoms with Crippen molar-refractivity contribution >= 4 is 21.6 Å². The maximum Gasteiger partial charge on any atom is 0.258 e. The van der Waals surface area contributed by atoms with Gasteiger partial charge in [0.2, 0.25) is 10.0 Å². The number of ether oxygens (including phenoxy) is 1. The van der Waals surface area contributed by atoms with E-state index in [0.29, 0.717) is 16.9 Å². The number of amides is 1. The highest BCUT2D eigenvalue weighted by Crippen LogP contribution is 2.33. The SMILES string of the molecule is CC(C)(C)c1ccc(OCC(=O)NCc2ccc(NS(C)(=O)=O)c(F)c2)cc1[O]. The second kappa shape index (κ2) is 8.69. The third-order valence-electron chi connectivity index (χ3n) is 3.95. The van der Waals surface area contributed by atoms with E-state index in [0.717, 1.165) is 12.3 Å². The van der Waals surface area contributed by atoms with Crippen LogP contribution in [0.1, 0.15) is 31.9 Å². The lowest BCUT2D eigenvalue weighted by molar-refractivity contribution is -0.123. The fourth-order valence-electron chi connectivity index (χ4n) is 2.56. The van der Waals surface area contributed by atoms with Crippen molar-refractivity contribution < 1.29 is 27.4 Å². The number of sulfonamides is 1. The smallest absolute Gasteiger partial charge is 0.258 e. The summed E-state index contributed by atoms with van der Waals surface area (Å²) in [6.07, 6.45) is 0.924. The Morgan fingerprint density at radius 1 is 1.14 bits per heavy atom. The second-order valence-corrected chi connectivity index (χ2v) is 9.41. The van der Waals surface area contributed by atoms with Gasteiger partial charge in [-0.05, 0) is 29.2 Å². The van der Waals surface area contributed by atoms with Crippen molar-refractivity contribution in [3.63, 3.8) is 0 Å². The molecular formula is C20H24FN2O5S. The summed E-state index contributed by atoms with van der Waals surface area (Å²) in [6.45, 7) is 5.54. The third-order valence-corrected chi connectivity index (χ3v) is 4.54. The first-order chi connectivity index (χ1) is 13.3. The van der Waals surface area contributed by atoms with Gasteiger partial charge in [-0.15, -0.1) is 0 Å². The largest absolute Gasteiger partial charge is 0.484 e. The van der Waals surface area contributed by atoms with Crippen LogP contribution in [0.2, 0.25) is 0 Å². The van der Waals surface area contributed by atoms with E-state index in [4.69, 9.17) is 4.74 Å². The van der Waals surface area contributed by atoms with E-state index >= 15 is 0 Å². The number of hydrogen-bond acceptors (Lipinski definition) is 4. The summed E-state index contributed by atoms with van der Waals surface area (Å²) in [7, 11) is -3.58. The number of carbonyl (C=O) groups excluding carboxylic acids is 1. The molecule has 0 atom stereocenters. The molecule has 2 aromatic carbocycles. The first-order valence-corrected chi connectivity index (χ1v) is 10.7. The summed E-state index contributed by atoms with van der Waals surface area (Å²) in [5.74, 6) is -1.06. The van der Waals surface area contributed by atoms with E-state index in [-0.39, 0.29) is 30.0 Å². The van der Waals surface area contributed by atoms with E-state index in [9.17, 15) is 22.7 Å². The maximum atomic E-state index is 13.9. The Labute approximate surface area is 170 Å². The zero-order valence-electron chi connectivity index (χ0n) is 16.7. The van der Waals surface area contributed by atoms with Crippen LogP contribution in [0.25, 0.3) is 0 Å². The Hall–Kier alpha value is -2.81. The van der Waals surface area contributed by atoms with E-state index in [1.807, 2.05) is 20.8 Å². The zero-order chi connectivity index (χ0) is 21.8. The van der Waals surface area contributed by atoms with Gasteiger partial charge in [-0.1, -0.05) is 32.9 Å². The average molecular weight is 423 g/mol. The summed E-state index contributed by atoms with van der Waals surface area (Å²) < 4.78 is 43.7. The molecule has 0 saturated heterocycles. The molecular weight excluding hydrogens is 399 g/mol. The minimum atomic E-state index is -3.58. The normalized spacial score (nSPS) is 11.8. The Balaban J connectivity index is 1.89. The van der Waals surface area contributed by atoms with Crippen LogP contribution in [0.4, 0.5) is 10.1 Å². The molecule has 1 amide bonds. The molecule has 0 unspecified atom stereocenters. The molecule has 0 bridgehead atoms. The summed E-state index contributed by atoms with van der Waals surface area (Å²) in [6, 6.07) is 8.57. The fraction of sp³-hybridized carbons (Fsp3) is 0.350. The van der Waals surface area contributed by atoms with Crippen LogP contribution in [-0.2, 0) is 31.9 Å². The Bertz CT molecular complexity index is 1000. The van der Waals surface area contributed by atoms with Gasteiger partial charge in [-0.2, -0.15) is 0 Å². The van der Waals surface area contributed by atoms with Crippen molar-refractivity contribution in [1.29, 1.82) is 0 Å². The molecule has 2 rings (SSSR count). The molecule has 157 valence electrons. The van der Waals surface area contributed by atoms with Crippen molar-refractivity contribution in [3.8, 4) is 11.5 Å². The molecule has 0 spiro atoms. The Kier molecular flexibility index (Phi) is 6.73. The molecule has 29 heavy (non-hydrogen) atoms. The van der Waals surface area contributed by atoms with Crippen molar-refractivity contribution in [3.05, 3.63) is 53.3 Å². The van der Waals surface area contributed by atoms with Gasteiger partial charge in [0.05, 0.1) is 11.9 Å². The summed E-state index contributed by atoms with van der Waals surface area (Å²) in [4.78, 5) is 11.9. The molecule has 1 radical (unpaired) electrons. The number of anilines is 1. The van der Waals surface area contributed by atoms with Gasteiger partial charge in [-0.3, -0.25) is 14.6 Å². The summed E-state index contributed by atoms with van der Waals surface area (Å²) in [5.41, 5.74) is 0.656. The minimum Gasteiger partial charge on any atom is -0.484 e. The molecule has 7 nitrogen and oxygen atoms in total. The number of hydrogen-bond donors (Lipinski definition) is 2. The lowest BCUT2D eigenvalue weighted by Crippen LogP contribution is -2.28. The van der Waals surface area contributed by atoms with Crippen molar-refractivity contribution in [2.24, 2.45) is 0 Å². The zero-order valence-corrected chi connectivity index (χ0v) is 17.5. The first-order valence-electron chi connectivity index (χ1n) is 8.82. The highest BCUT2D eigenvalue weighted by molar-refractivity contribution is 7.92. The van der Waals surface area contributed by atoms with E-state index in [1.54, 1.807) is 12.1 Å². The van der Waals surface area contributed by atoms with Gasteiger partial charge in [0.1, 0.15) is 11.6 Å². The van der Waals surface area contributed by atoms with E-state index < -0.39 is 21.7 Å². The summed E-state index contributed by atoms with van der Waals surface area (Å²) >= 11 is 0. The van der Waals surface area contributed by atoms with Crippen molar-refractivity contribution in [2.45, 2.75) is 32.7 Å². The second-order valence-electron chi connectivity index (χ2n) is 7.66. The third kappa shape index (κ3) is 6.94. The first kappa shape index (κ1) is 22.5. The van der Waals surface area contributed by atoms with Gasteiger partial charge in [-0.25, -0.2) is 12.8 Å². The molecule has 0 aromatic heterocycles. The molecule has 2 N–H and O–H groups in total. The van der Waals surface area contributed by atoms with Crippen LogP contribution in [-0.4, -0.2) is 27.2 Å². The van der Waals surface area contributed by atoms with Crippen LogP contribution in [0.3, 0.4) is 0 Å². The molecule has 9 heteroatoms. The molecule has 0 aliphatic heterocycles. The minimum absolute atomic E-state index is 0.0357. The van der Waals surface area contributed by atoms with E-state index in [2.05, 4.69) is 10.0 Å². The van der Waals surface area contributed by atoms with Crippen LogP contribution < -0.4 is 14.8 Å². The highest BCUT2D eigenvalue weighted by atomic mass is 32.2. The Morgan fingerprint density at radius 2 is 1.83 bits per heavy atom. The molecule has 0 aliphatic carbocycles. The fourth-order valence-corrected chi connectivity index (χ4v) is 3.13. The summed E-state index contributed by atoms with van der Waals surface area (Å²) in [5, 5.41) is 14.7. The van der Waals surface area contributed by atoms with Gasteiger partial charge in [0, 0.05) is 18.2 Å². The monoisotopic (exact) mass is 423 g/mol. The number of carbonyl (C=O) groups is 1. The Morgan fingerprint density at radius 3 is 2.38 bits per heavy atom. The van der Waals surface area contributed by atoms with Crippen LogP contribution >= 0.6 is 0 Å². The topological polar surface area (TPSA) is 104 Å². The van der Waals surface area contributed by atoms with Gasteiger partial charge in [0.15, 0.2) is 12.4 Å². The average Bonchev–Trinajstić information content (AvgIpc) is 2.58. The van der Waals surface area contributed by atoms with Gasteiger partial charge in [0.25, 0.3) is 5.91 Å². The molecule has 0 aliphatic rings. The van der Waals surface area contributed by atoms with Gasteiger partial charge >= 0.3 is 0 Å². The van der Waals surface area contributed by atoms with Gasteiger partial charge < -0.3 is 10.1 Å². The van der Waals surface area contributed by atoms with E-state index in [1.165, 1.54) is 18.2 Å². The predicted molar refractivity (Wildman–Crippen MR) is 107 cm³/mol. The number of nitrogens with one attached hydrogen (secondary N) is 2. The van der Waals surface area contributed by atoms with Crippen molar-refractivity contribution in [2.75, 3.05) is 17.6 Å². The number of benzene rings is 2. The van der Waals surface area contributed by atoms with Crippen LogP contribution in [0.15, 0.2) is 36.4 Å². The number of halogens is 1. The van der Waals surface area contributed by atoms with Crippen molar-refractivity contribution in [1.82, 2.24) is 5.32 Å². The molecule has 2 aromatic rings. The molecule has 0 heterocycles. The van der Waals surface area contributed by atoms with Crippen LogP contribution in [0.5, 0.6) is 11.5 Å². The number of rotatable bonds is 7. The quantitative estimate of drug-likeness (QED) is 0.713. The van der Waals surface area contributed by atoms with Crippen LogP contribution in [0, 0.1) is 5.82 Å². The molecule has 0 saturated carbocycles. The molecule has 0 fully saturated rings. The maximum absolute atomic E-state index is 13.9.